The molecule has 9 nitrogen and oxygen atoms in total. The number of amides is 2. The molecule has 1 saturated carbocycles. The van der Waals surface area contributed by atoms with E-state index in [2.05, 4.69) is 45.8 Å². The summed E-state index contributed by atoms with van der Waals surface area (Å²) in [6, 6.07) is 4.17. The maximum atomic E-state index is 13.2. The molecule has 0 radical (unpaired) electrons. The normalized spacial score (nSPS) is 20.2. The Hall–Kier alpha value is -3.15. The van der Waals surface area contributed by atoms with Crippen LogP contribution in [0.1, 0.15) is 100.0 Å². The Morgan fingerprint density at radius 2 is 1.64 bits per heavy atom. The van der Waals surface area contributed by atoms with Crippen molar-refractivity contribution in [3.05, 3.63) is 30.1 Å². The van der Waals surface area contributed by atoms with Gasteiger partial charge >= 0.3 is 12.3 Å². The number of hydrogen-bond donors (Lipinski definition) is 2. The lowest BCUT2D eigenvalue weighted by Gasteiger charge is -2.39. The summed E-state index contributed by atoms with van der Waals surface area (Å²) in [5, 5.41) is 3.37. The summed E-state index contributed by atoms with van der Waals surface area (Å²) >= 11 is 0. The second-order valence-corrected chi connectivity index (χ2v) is 11.7. The zero-order valence-corrected chi connectivity index (χ0v) is 28.1. The van der Waals surface area contributed by atoms with Crippen LogP contribution in [0.2, 0.25) is 0 Å². The lowest BCUT2D eigenvalue weighted by Crippen LogP contribution is -2.46. The number of fused-ring (bicyclic) bond motifs is 1. The van der Waals surface area contributed by atoms with E-state index >= 15 is 0 Å². The molecule has 250 valence electrons. The van der Waals surface area contributed by atoms with E-state index in [1.54, 1.807) is 20.8 Å². The standard InChI is InChI=1S/C23H30F3N5O.C5H11NO2.2C2H6/c1-14(2)30(3)16-5-7-17(8-6-16)31-11-10-20(22(31)32)29-21-18-12-15(23(24,25)26)4-9-19(18)27-13-28-21;1-5(2,3)8-4(6)7;2*1-2/h4,9,12-14,16-17,20H,5-8,10-11H2,1-3H3,(H,27,28,29);1-3H3,(H2,6,7);2*1-2H3. The van der Waals surface area contributed by atoms with Crippen molar-refractivity contribution < 1.29 is 27.5 Å². The molecule has 2 amide bonds. The first-order chi connectivity index (χ1) is 20.6. The number of carbonyl (C=O) groups excluding carboxylic acids is 2. The van der Waals surface area contributed by atoms with Gasteiger partial charge < -0.3 is 25.6 Å². The largest absolute Gasteiger partial charge is 0.444 e. The summed E-state index contributed by atoms with van der Waals surface area (Å²) in [5.41, 5.74) is 3.91. The third-order valence-corrected chi connectivity index (χ3v) is 7.42. The van der Waals surface area contributed by atoms with Gasteiger partial charge in [-0.25, -0.2) is 14.8 Å². The van der Waals surface area contributed by atoms with E-state index in [-0.39, 0.29) is 23.2 Å². The van der Waals surface area contributed by atoms with Gasteiger partial charge in [0.2, 0.25) is 5.91 Å². The maximum Gasteiger partial charge on any atom is 0.416 e. The molecule has 2 aromatic rings. The summed E-state index contributed by atoms with van der Waals surface area (Å²) < 4.78 is 44.1. The van der Waals surface area contributed by atoms with Gasteiger partial charge in [0.05, 0.1) is 11.1 Å². The highest BCUT2D eigenvalue weighted by Crippen LogP contribution is 2.34. The monoisotopic (exact) mass is 626 g/mol. The highest BCUT2D eigenvalue weighted by Gasteiger charge is 2.38. The number of aromatic nitrogens is 2. The van der Waals surface area contributed by atoms with Gasteiger partial charge in [-0.3, -0.25) is 4.79 Å². The van der Waals surface area contributed by atoms with E-state index in [1.807, 2.05) is 32.6 Å². The molecule has 2 aliphatic rings. The highest BCUT2D eigenvalue weighted by molar-refractivity contribution is 5.93. The van der Waals surface area contributed by atoms with Gasteiger partial charge in [0.15, 0.2) is 0 Å². The van der Waals surface area contributed by atoms with Gasteiger partial charge in [0, 0.05) is 30.1 Å². The first-order valence-corrected chi connectivity index (χ1v) is 15.7. The Kier molecular flexibility index (Phi) is 15.3. The number of benzene rings is 1. The molecule has 0 bridgehead atoms. The molecule has 12 heteroatoms. The molecule has 1 aliphatic heterocycles. The van der Waals surface area contributed by atoms with Crippen LogP contribution in [0.4, 0.5) is 23.8 Å². The van der Waals surface area contributed by atoms with Crippen molar-refractivity contribution in [2.75, 3.05) is 18.9 Å². The minimum atomic E-state index is -4.45. The smallest absolute Gasteiger partial charge is 0.416 e. The van der Waals surface area contributed by atoms with Gasteiger partial charge in [-0.1, -0.05) is 27.7 Å². The van der Waals surface area contributed by atoms with Crippen LogP contribution in [-0.4, -0.2) is 75.1 Å². The first kappa shape index (κ1) is 38.9. The molecule has 44 heavy (non-hydrogen) atoms. The average Bonchev–Trinajstić information content (AvgIpc) is 3.32. The van der Waals surface area contributed by atoms with Crippen LogP contribution < -0.4 is 11.1 Å². The van der Waals surface area contributed by atoms with Crippen molar-refractivity contribution in [2.24, 2.45) is 5.73 Å². The molecule has 1 aromatic heterocycles. The Bertz CT molecular complexity index is 1180. The number of halogens is 3. The fourth-order valence-corrected chi connectivity index (χ4v) is 5.21. The SMILES string of the molecule is CC.CC.CC(C)(C)OC(N)=O.CC(C)N(C)C1CCC(N2CCC(Nc3ncnc4ccc(C(F)(F)F)cc34)C2=O)CC1. The molecule has 4 rings (SSSR count). The Labute approximate surface area is 261 Å². The molecular weight excluding hydrogens is 573 g/mol. The van der Waals surface area contributed by atoms with Crippen molar-refractivity contribution in [2.45, 2.75) is 130 Å². The summed E-state index contributed by atoms with van der Waals surface area (Å²) in [7, 11) is 2.16. The Morgan fingerprint density at radius 1 is 1.05 bits per heavy atom. The highest BCUT2D eigenvalue weighted by atomic mass is 19.4. The predicted molar refractivity (Wildman–Crippen MR) is 170 cm³/mol. The summed E-state index contributed by atoms with van der Waals surface area (Å²) in [6.07, 6.45) is 0.825. The number of anilines is 1. The first-order valence-electron chi connectivity index (χ1n) is 15.7. The van der Waals surface area contributed by atoms with E-state index in [0.29, 0.717) is 30.6 Å². The Morgan fingerprint density at radius 3 is 2.11 bits per heavy atom. The quantitative estimate of drug-likeness (QED) is 0.360. The lowest BCUT2D eigenvalue weighted by molar-refractivity contribution is -0.137. The summed E-state index contributed by atoms with van der Waals surface area (Å²) in [5.74, 6) is 0.271. The molecule has 3 N–H and O–H groups in total. The van der Waals surface area contributed by atoms with Crippen molar-refractivity contribution in [1.29, 1.82) is 0 Å². The predicted octanol–water partition coefficient (Wildman–Crippen LogP) is 7.25. The van der Waals surface area contributed by atoms with Crippen LogP contribution in [0.5, 0.6) is 0 Å². The van der Waals surface area contributed by atoms with Crippen LogP contribution in [-0.2, 0) is 15.7 Å². The number of primary amides is 1. The molecule has 1 unspecified atom stereocenters. The number of hydrogen-bond acceptors (Lipinski definition) is 7. The molecule has 1 aromatic carbocycles. The fraction of sp³-hybridized carbons (Fsp3) is 0.688. The maximum absolute atomic E-state index is 13.2. The minimum Gasteiger partial charge on any atom is -0.444 e. The summed E-state index contributed by atoms with van der Waals surface area (Å²) in [4.78, 5) is 35.7. The van der Waals surface area contributed by atoms with Crippen LogP contribution in [0, 0.1) is 0 Å². The van der Waals surface area contributed by atoms with Crippen molar-refractivity contribution in [3.8, 4) is 0 Å². The summed E-state index contributed by atoms with van der Waals surface area (Å²) in [6.45, 7) is 18.3. The Balaban J connectivity index is 0.000000695. The van der Waals surface area contributed by atoms with Gasteiger partial charge in [-0.2, -0.15) is 13.2 Å². The van der Waals surface area contributed by atoms with Gasteiger partial charge in [0.1, 0.15) is 23.8 Å². The van der Waals surface area contributed by atoms with Gasteiger partial charge in [0.25, 0.3) is 0 Å². The number of ether oxygens (including phenoxy) is 1. The second kappa shape index (κ2) is 17.4. The van der Waals surface area contributed by atoms with Crippen LogP contribution in [0.15, 0.2) is 24.5 Å². The second-order valence-electron chi connectivity index (χ2n) is 11.7. The number of alkyl halides is 3. The van der Waals surface area contributed by atoms with Crippen molar-refractivity contribution in [1.82, 2.24) is 19.8 Å². The van der Waals surface area contributed by atoms with E-state index in [0.717, 1.165) is 37.8 Å². The molecule has 1 aliphatic carbocycles. The third kappa shape index (κ3) is 11.4. The van der Waals surface area contributed by atoms with Crippen LogP contribution >= 0.6 is 0 Å². The molecule has 1 saturated heterocycles. The molecular formula is C32H53F3N6O3. The van der Waals surface area contributed by atoms with Crippen molar-refractivity contribution >= 4 is 28.7 Å². The average molecular weight is 627 g/mol. The number of nitrogens with two attached hydrogens (primary N) is 1. The van der Waals surface area contributed by atoms with E-state index in [9.17, 15) is 22.8 Å². The van der Waals surface area contributed by atoms with Crippen LogP contribution in [0.3, 0.4) is 0 Å². The van der Waals surface area contributed by atoms with Crippen LogP contribution in [0.25, 0.3) is 10.9 Å². The molecule has 0 spiro atoms. The number of likely N-dealkylation sites (tertiary alicyclic amines) is 1. The van der Waals surface area contributed by atoms with E-state index in [4.69, 9.17) is 5.73 Å². The van der Waals surface area contributed by atoms with E-state index in [1.165, 1.54) is 12.4 Å². The zero-order valence-electron chi connectivity index (χ0n) is 28.1. The van der Waals surface area contributed by atoms with Gasteiger partial charge in [-0.15, -0.1) is 0 Å². The minimum absolute atomic E-state index is 0.00408. The topological polar surface area (TPSA) is 114 Å². The molecule has 1 atom stereocenters. The molecule has 2 fully saturated rings. The molecule has 2 heterocycles. The zero-order chi connectivity index (χ0) is 33.8. The number of rotatable bonds is 5. The number of nitrogens with one attached hydrogen (secondary N) is 1. The third-order valence-electron chi connectivity index (χ3n) is 7.42. The number of nitrogens with zero attached hydrogens (tertiary/aromatic N) is 4. The van der Waals surface area contributed by atoms with Crippen molar-refractivity contribution in [3.63, 3.8) is 0 Å². The fourth-order valence-electron chi connectivity index (χ4n) is 5.21. The van der Waals surface area contributed by atoms with Gasteiger partial charge in [-0.05, 0) is 92.0 Å². The lowest BCUT2D eigenvalue weighted by atomic mass is 9.89. The van der Waals surface area contributed by atoms with E-state index < -0.39 is 29.5 Å². The number of carbonyl (C=O) groups is 2.